The summed E-state index contributed by atoms with van der Waals surface area (Å²) in [6.45, 7) is 4.31. The van der Waals surface area contributed by atoms with Gasteiger partial charge >= 0.3 is 0 Å². The summed E-state index contributed by atoms with van der Waals surface area (Å²) >= 11 is 0. The van der Waals surface area contributed by atoms with Gasteiger partial charge in [-0.05, 0) is 45.2 Å². The first-order chi connectivity index (χ1) is 5.72. The first-order valence-electron chi connectivity index (χ1n) is 5.16. The topological polar surface area (TPSA) is 32.3 Å². The SMILES string of the molecule is CC[C@@]1(O)CCC12CCNCC2. The van der Waals surface area contributed by atoms with Crippen LogP contribution in [0.5, 0.6) is 0 Å². The van der Waals surface area contributed by atoms with Crippen molar-refractivity contribution in [1.82, 2.24) is 5.32 Å². The van der Waals surface area contributed by atoms with Crippen LogP contribution < -0.4 is 5.32 Å². The predicted molar refractivity (Wildman–Crippen MR) is 49.0 cm³/mol. The molecule has 0 bridgehead atoms. The zero-order valence-electron chi connectivity index (χ0n) is 7.90. The standard InChI is InChI=1S/C10H19NO/c1-2-10(12)4-3-9(10)5-7-11-8-6-9/h11-12H,2-8H2,1H3/t10-/m1/s1. The second kappa shape index (κ2) is 2.71. The first-order valence-corrected chi connectivity index (χ1v) is 5.16. The molecule has 2 heteroatoms. The summed E-state index contributed by atoms with van der Waals surface area (Å²) in [4.78, 5) is 0. The van der Waals surface area contributed by atoms with Crippen molar-refractivity contribution in [3.63, 3.8) is 0 Å². The molecule has 1 heterocycles. The van der Waals surface area contributed by atoms with Crippen molar-refractivity contribution in [3.05, 3.63) is 0 Å². The van der Waals surface area contributed by atoms with Gasteiger partial charge in [-0.2, -0.15) is 0 Å². The maximum Gasteiger partial charge on any atom is 0.0702 e. The van der Waals surface area contributed by atoms with Gasteiger partial charge in [0.1, 0.15) is 0 Å². The highest BCUT2D eigenvalue weighted by molar-refractivity contribution is 5.08. The fourth-order valence-electron chi connectivity index (χ4n) is 2.94. The van der Waals surface area contributed by atoms with E-state index in [1.165, 1.54) is 19.3 Å². The van der Waals surface area contributed by atoms with E-state index >= 15 is 0 Å². The lowest BCUT2D eigenvalue weighted by atomic mass is 9.52. The number of hydrogen-bond donors (Lipinski definition) is 2. The molecular formula is C10H19NO. The Bertz CT molecular complexity index is 171. The molecule has 1 spiro atoms. The molecule has 2 N–H and O–H groups in total. The maximum atomic E-state index is 10.3. The molecule has 12 heavy (non-hydrogen) atoms. The predicted octanol–water partition coefficient (Wildman–Crippen LogP) is 1.29. The Hall–Kier alpha value is -0.0800. The summed E-state index contributed by atoms with van der Waals surface area (Å²) in [6.07, 6.45) is 5.57. The Kier molecular flexibility index (Phi) is 1.92. The van der Waals surface area contributed by atoms with Gasteiger partial charge in [-0.25, -0.2) is 0 Å². The molecule has 2 aliphatic rings. The van der Waals surface area contributed by atoms with Crippen LogP contribution in [0.3, 0.4) is 0 Å². The molecule has 2 nitrogen and oxygen atoms in total. The molecule has 0 radical (unpaired) electrons. The summed E-state index contributed by atoms with van der Waals surface area (Å²) in [5.74, 6) is 0. The molecule has 0 unspecified atom stereocenters. The Balaban J connectivity index is 2.09. The Morgan fingerprint density at radius 1 is 1.17 bits per heavy atom. The Morgan fingerprint density at radius 2 is 1.83 bits per heavy atom. The summed E-state index contributed by atoms with van der Waals surface area (Å²) in [7, 11) is 0. The minimum atomic E-state index is -0.310. The lowest BCUT2D eigenvalue weighted by Gasteiger charge is -2.58. The summed E-state index contributed by atoms with van der Waals surface area (Å²) in [5, 5.41) is 13.6. The smallest absolute Gasteiger partial charge is 0.0702 e. The molecule has 70 valence electrons. The fourth-order valence-corrected chi connectivity index (χ4v) is 2.94. The molecule has 1 aliphatic heterocycles. The van der Waals surface area contributed by atoms with Gasteiger partial charge in [-0.1, -0.05) is 6.92 Å². The van der Waals surface area contributed by atoms with E-state index in [-0.39, 0.29) is 5.60 Å². The zero-order valence-corrected chi connectivity index (χ0v) is 7.90. The first kappa shape index (κ1) is 8.52. The highest BCUT2D eigenvalue weighted by Gasteiger charge is 2.56. The van der Waals surface area contributed by atoms with E-state index in [9.17, 15) is 5.11 Å². The van der Waals surface area contributed by atoms with Crippen molar-refractivity contribution < 1.29 is 5.11 Å². The van der Waals surface area contributed by atoms with Crippen molar-refractivity contribution in [3.8, 4) is 0 Å². The third kappa shape index (κ3) is 0.944. The number of aliphatic hydroxyl groups is 1. The fraction of sp³-hybridized carbons (Fsp3) is 1.00. The lowest BCUT2D eigenvalue weighted by molar-refractivity contribution is -0.181. The van der Waals surface area contributed by atoms with Gasteiger partial charge in [0.15, 0.2) is 0 Å². The van der Waals surface area contributed by atoms with Gasteiger partial charge in [-0.15, -0.1) is 0 Å². The molecule has 2 fully saturated rings. The van der Waals surface area contributed by atoms with Gasteiger partial charge in [-0.3, -0.25) is 0 Å². The lowest BCUT2D eigenvalue weighted by Crippen LogP contribution is -2.60. The van der Waals surface area contributed by atoms with E-state index in [2.05, 4.69) is 12.2 Å². The van der Waals surface area contributed by atoms with Crippen LogP contribution in [0.1, 0.15) is 39.0 Å². The van der Waals surface area contributed by atoms with Gasteiger partial charge in [0.2, 0.25) is 0 Å². The molecular weight excluding hydrogens is 150 g/mol. The molecule has 1 aliphatic carbocycles. The largest absolute Gasteiger partial charge is 0.389 e. The second-order valence-electron chi connectivity index (χ2n) is 4.42. The van der Waals surface area contributed by atoms with Crippen LogP contribution in [0.25, 0.3) is 0 Å². The van der Waals surface area contributed by atoms with Crippen molar-refractivity contribution >= 4 is 0 Å². The van der Waals surface area contributed by atoms with E-state index in [4.69, 9.17) is 0 Å². The average molecular weight is 169 g/mol. The third-order valence-corrected chi connectivity index (χ3v) is 4.15. The van der Waals surface area contributed by atoms with Crippen molar-refractivity contribution in [2.45, 2.75) is 44.6 Å². The molecule has 1 saturated carbocycles. The second-order valence-corrected chi connectivity index (χ2v) is 4.42. The van der Waals surface area contributed by atoms with Crippen LogP contribution in [0.2, 0.25) is 0 Å². The molecule has 0 aromatic rings. The monoisotopic (exact) mass is 169 g/mol. The number of piperidine rings is 1. The molecule has 1 atom stereocenters. The average Bonchev–Trinajstić information content (AvgIpc) is 2.16. The van der Waals surface area contributed by atoms with Crippen LogP contribution in [-0.4, -0.2) is 23.8 Å². The molecule has 1 saturated heterocycles. The van der Waals surface area contributed by atoms with Crippen LogP contribution >= 0.6 is 0 Å². The minimum Gasteiger partial charge on any atom is -0.389 e. The summed E-state index contributed by atoms with van der Waals surface area (Å²) < 4.78 is 0. The van der Waals surface area contributed by atoms with Crippen molar-refractivity contribution in [2.24, 2.45) is 5.41 Å². The van der Waals surface area contributed by atoms with Gasteiger partial charge < -0.3 is 10.4 Å². The molecule has 2 rings (SSSR count). The quantitative estimate of drug-likeness (QED) is 0.620. The van der Waals surface area contributed by atoms with Crippen molar-refractivity contribution in [1.29, 1.82) is 0 Å². The summed E-state index contributed by atoms with van der Waals surface area (Å²) in [6, 6.07) is 0. The van der Waals surface area contributed by atoms with E-state index in [1.807, 2.05) is 0 Å². The summed E-state index contributed by atoms with van der Waals surface area (Å²) in [5.41, 5.74) is -0.0118. The number of rotatable bonds is 1. The Labute approximate surface area is 74.4 Å². The van der Waals surface area contributed by atoms with E-state index < -0.39 is 0 Å². The third-order valence-electron chi connectivity index (χ3n) is 4.15. The molecule has 0 aromatic carbocycles. The normalized spacial score (nSPS) is 39.5. The number of nitrogens with one attached hydrogen (secondary N) is 1. The zero-order chi connectivity index (χ0) is 8.66. The highest BCUT2D eigenvalue weighted by Crippen LogP contribution is 2.56. The number of hydrogen-bond acceptors (Lipinski definition) is 2. The minimum absolute atomic E-state index is 0.299. The van der Waals surface area contributed by atoms with Gasteiger partial charge in [0.05, 0.1) is 5.60 Å². The van der Waals surface area contributed by atoms with Crippen LogP contribution in [0.4, 0.5) is 0 Å². The molecule has 0 amide bonds. The van der Waals surface area contributed by atoms with Crippen molar-refractivity contribution in [2.75, 3.05) is 13.1 Å². The van der Waals surface area contributed by atoms with E-state index in [0.29, 0.717) is 5.41 Å². The molecule has 0 aromatic heterocycles. The van der Waals surface area contributed by atoms with Crippen LogP contribution in [0.15, 0.2) is 0 Å². The van der Waals surface area contributed by atoms with Crippen LogP contribution in [-0.2, 0) is 0 Å². The van der Waals surface area contributed by atoms with Gasteiger partial charge in [0.25, 0.3) is 0 Å². The highest BCUT2D eigenvalue weighted by atomic mass is 16.3. The van der Waals surface area contributed by atoms with E-state index in [1.54, 1.807) is 0 Å². The van der Waals surface area contributed by atoms with Gasteiger partial charge in [0, 0.05) is 5.41 Å². The maximum absolute atomic E-state index is 10.3. The Morgan fingerprint density at radius 3 is 2.25 bits per heavy atom. The van der Waals surface area contributed by atoms with Crippen LogP contribution in [0, 0.1) is 5.41 Å². The van der Waals surface area contributed by atoms with E-state index in [0.717, 1.165) is 25.9 Å².